The zero-order valence-corrected chi connectivity index (χ0v) is 9.33. The minimum atomic E-state index is -1.49. The van der Waals surface area contributed by atoms with Crippen LogP contribution in [0.5, 0.6) is 0 Å². The van der Waals surface area contributed by atoms with E-state index in [0.29, 0.717) is 18.4 Å². The molecule has 1 aromatic carbocycles. The molecule has 1 aromatic rings. The van der Waals surface area contributed by atoms with Crippen LogP contribution in [-0.4, -0.2) is 17.2 Å². The average Bonchev–Trinajstić information content (AvgIpc) is 2.31. The third kappa shape index (κ3) is 1.92. The Kier molecular flexibility index (Phi) is 3.13. The summed E-state index contributed by atoms with van der Waals surface area (Å²) in [5.41, 5.74) is -1.13. The van der Waals surface area contributed by atoms with Crippen LogP contribution in [0.2, 0.25) is 0 Å². The van der Waals surface area contributed by atoms with Gasteiger partial charge < -0.3 is 5.11 Å². The quantitative estimate of drug-likeness (QED) is 0.862. The van der Waals surface area contributed by atoms with Crippen molar-refractivity contribution < 1.29 is 18.7 Å². The molecule has 2 nitrogen and oxygen atoms in total. The van der Waals surface area contributed by atoms with Gasteiger partial charge in [-0.05, 0) is 30.5 Å². The van der Waals surface area contributed by atoms with Crippen molar-refractivity contribution in [3.63, 3.8) is 0 Å². The summed E-state index contributed by atoms with van der Waals surface area (Å²) in [5.74, 6) is -1.60. The SMILES string of the molecule is O=C(O)C1(c2ccc(F)cc2)CCCCC1F. The van der Waals surface area contributed by atoms with Crippen molar-refractivity contribution >= 4 is 5.97 Å². The van der Waals surface area contributed by atoms with E-state index >= 15 is 0 Å². The lowest BCUT2D eigenvalue weighted by molar-refractivity contribution is -0.148. The Morgan fingerprint density at radius 3 is 2.47 bits per heavy atom. The largest absolute Gasteiger partial charge is 0.480 e. The number of aliphatic carboxylic acids is 1. The van der Waals surface area contributed by atoms with Gasteiger partial charge in [0.2, 0.25) is 0 Å². The van der Waals surface area contributed by atoms with Crippen molar-refractivity contribution in [2.24, 2.45) is 0 Å². The van der Waals surface area contributed by atoms with E-state index < -0.39 is 23.4 Å². The van der Waals surface area contributed by atoms with Crippen LogP contribution in [-0.2, 0) is 10.2 Å². The van der Waals surface area contributed by atoms with Gasteiger partial charge in [0.25, 0.3) is 0 Å². The highest BCUT2D eigenvalue weighted by atomic mass is 19.1. The van der Waals surface area contributed by atoms with Gasteiger partial charge in [-0.2, -0.15) is 0 Å². The molecule has 4 heteroatoms. The number of carbonyl (C=O) groups is 1. The van der Waals surface area contributed by atoms with E-state index in [2.05, 4.69) is 0 Å². The fourth-order valence-corrected chi connectivity index (χ4v) is 2.57. The topological polar surface area (TPSA) is 37.3 Å². The monoisotopic (exact) mass is 240 g/mol. The van der Waals surface area contributed by atoms with E-state index in [4.69, 9.17) is 0 Å². The molecule has 0 spiro atoms. The Labute approximate surface area is 98.3 Å². The van der Waals surface area contributed by atoms with Crippen molar-refractivity contribution in [2.75, 3.05) is 0 Å². The van der Waals surface area contributed by atoms with E-state index in [1.165, 1.54) is 24.3 Å². The molecule has 0 aliphatic heterocycles. The molecule has 0 radical (unpaired) electrons. The first-order valence-electron chi connectivity index (χ1n) is 5.71. The number of alkyl halides is 1. The number of rotatable bonds is 2. The van der Waals surface area contributed by atoms with Crippen LogP contribution in [0.3, 0.4) is 0 Å². The third-order valence-corrected chi connectivity index (χ3v) is 3.55. The number of halogens is 2. The zero-order valence-electron chi connectivity index (χ0n) is 9.33. The Hall–Kier alpha value is -1.45. The van der Waals surface area contributed by atoms with Crippen LogP contribution in [0.25, 0.3) is 0 Å². The fourth-order valence-electron chi connectivity index (χ4n) is 2.57. The second kappa shape index (κ2) is 4.43. The van der Waals surface area contributed by atoms with Crippen molar-refractivity contribution in [1.29, 1.82) is 0 Å². The predicted molar refractivity (Wildman–Crippen MR) is 59.1 cm³/mol. The first-order chi connectivity index (χ1) is 8.07. The minimum Gasteiger partial charge on any atom is -0.480 e. The highest BCUT2D eigenvalue weighted by molar-refractivity contribution is 5.82. The highest BCUT2D eigenvalue weighted by Gasteiger charge is 2.49. The highest BCUT2D eigenvalue weighted by Crippen LogP contribution is 2.41. The van der Waals surface area contributed by atoms with Gasteiger partial charge in [-0.15, -0.1) is 0 Å². The predicted octanol–water partition coefficient (Wildman–Crippen LogP) is 3.06. The summed E-state index contributed by atoms with van der Waals surface area (Å²) < 4.78 is 26.9. The van der Waals surface area contributed by atoms with E-state index in [9.17, 15) is 18.7 Å². The molecule has 0 bridgehead atoms. The number of carboxylic acids is 1. The molecule has 1 N–H and O–H groups in total. The summed E-state index contributed by atoms with van der Waals surface area (Å²) in [7, 11) is 0. The maximum Gasteiger partial charge on any atom is 0.317 e. The van der Waals surface area contributed by atoms with Gasteiger partial charge in [-0.25, -0.2) is 8.78 Å². The fraction of sp³-hybridized carbons (Fsp3) is 0.462. The molecule has 92 valence electrons. The first-order valence-corrected chi connectivity index (χ1v) is 5.71. The number of hydrogen-bond donors (Lipinski definition) is 1. The smallest absolute Gasteiger partial charge is 0.317 e. The van der Waals surface area contributed by atoms with Crippen LogP contribution in [0.15, 0.2) is 24.3 Å². The van der Waals surface area contributed by atoms with Crippen LogP contribution >= 0.6 is 0 Å². The maximum atomic E-state index is 14.1. The van der Waals surface area contributed by atoms with Crippen molar-refractivity contribution in [3.8, 4) is 0 Å². The van der Waals surface area contributed by atoms with E-state index in [1.807, 2.05) is 0 Å². The van der Waals surface area contributed by atoms with Gasteiger partial charge in [-0.1, -0.05) is 25.0 Å². The molecule has 1 saturated carbocycles. The molecule has 0 amide bonds. The molecule has 0 saturated heterocycles. The van der Waals surface area contributed by atoms with E-state index in [1.54, 1.807) is 0 Å². The standard InChI is InChI=1S/C13H14F2O2/c14-10-6-4-9(5-7-10)13(12(16)17)8-2-1-3-11(13)15/h4-7,11H,1-3,8H2,(H,16,17). The van der Waals surface area contributed by atoms with Gasteiger partial charge in [0, 0.05) is 0 Å². The molecule has 1 aliphatic rings. The first kappa shape index (κ1) is 12.0. The van der Waals surface area contributed by atoms with Crippen LogP contribution in [0, 0.1) is 5.82 Å². The molecule has 0 aromatic heterocycles. The normalized spacial score (nSPS) is 28.9. The van der Waals surface area contributed by atoms with Gasteiger partial charge in [0.05, 0.1) is 0 Å². The lowest BCUT2D eigenvalue weighted by Gasteiger charge is -2.36. The summed E-state index contributed by atoms with van der Waals surface area (Å²) >= 11 is 0. The lowest BCUT2D eigenvalue weighted by atomic mass is 9.68. The molecule has 2 atom stereocenters. The van der Waals surface area contributed by atoms with Gasteiger partial charge >= 0.3 is 5.97 Å². The Morgan fingerprint density at radius 2 is 1.94 bits per heavy atom. The van der Waals surface area contributed by atoms with Gasteiger partial charge in [0.15, 0.2) is 0 Å². The average molecular weight is 240 g/mol. The summed E-state index contributed by atoms with van der Waals surface area (Å²) in [6.45, 7) is 0. The molecular formula is C13H14F2O2. The summed E-state index contributed by atoms with van der Waals surface area (Å²) in [4.78, 5) is 11.4. The van der Waals surface area contributed by atoms with Crippen LogP contribution in [0.1, 0.15) is 31.2 Å². The molecular weight excluding hydrogens is 226 g/mol. The second-order valence-corrected chi connectivity index (χ2v) is 4.50. The number of benzene rings is 1. The van der Waals surface area contributed by atoms with Crippen molar-refractivity contribution in [1.82, 2.24) is 0 Å². The Morgan fingerprint density at radius 1 is 1.29 bits per heavy atom. The Bertz CT molecular complexity index is 416. The van der Waals surface area contributed by atoms with Crippen LogP contribution in [0.4, 0.5) is 8.78 Å². The van der Waals surface area contributed by atoms with Gasteiger partial charge in [0.1, 0.15) is 17.4 Å². The van der Waals surface area contributed by atoms with E-state index in [0.717, 1.165) is 0 Å². The second-order valence-electron chi connectivity index (χ2n) is 4.50. The molecule has 0 heterocycles. The molecule has 17 heavy (non-hydrogen) atoms. The summed E-state index contributed by atoms with van der Waals surface area (Å²) in [6, 6.07) is 5.12. The molecule has 1 fully saturated rings. The summed E-state index contributed by atoms with van der Waals surface area (Å²) in [6.07, 6.45) is 0.513. The molecule has 2 unspecified atom stereocenters. The van der Waals surface area contributed by atoms with Gasteiger partial charge in [-0.3, -0.25) is 4.79 Å². The number of hydrogen-bond acceptors (Lipinski definition) is 1. The summed E-state index contributed by atoms with van der Waals surface area (Å²) in [5, 5.41) is 9.35. The number of carboxylic acid groups (broad SMARTS) is 1. The zero-order chi connectivity index (χ0) is 12.5. The maximum absolute atomic E-state index is 14.1. The lowest BCUT2D eigenvalue weighted by Crippen LogP contribution is -2.46. The third-order valence-electron chi connectivity index (χ3n) is 3.55. The molecule has 1 aliphatic carbocycles. The minimum absolute atomic E-state index is 0.254. The molecule has 2 rings (SSSR count). The Balaban J connectivity index is 2.46. The van der Waals surface area contributed by atoms with Crippen molar-refractivity contribution in [2.45, 2.75) is 37.3 Å². The van der Waals surface area contributed by atoms with Crippen LogP contribution < -0.4 is 0 Å². The van der Waals surface area contributed by atoms with Crippen molar-refractivity contribution in [3.05, 3.63) is 35.6 Å². The van der Waals surface area contributed by atoms with E-state index in [-0.39, 0.29) is 12.8 Å².